The van der Waals surface area contributed by atoms with Crippen molar-refractivity contribution in [2.75, 3.05) is 38.2 Å². The first-order chi connectivity index (χ1) is 17.8. The van der Waals surface area contributed by atoms with E-state index in [1.807, 2.05) is 13.8 Å². The topological polar surface area (TPSA) is 94.2 Å². The van der Waals surface area contributed by atoms with Crippen molar-refractivity contribution in [2.24, 2.45) is 0 Å². The molecule has 198 valence electrons. The number of carbonyl (C=O) groups is 1. The van der Waals surface area contributed by atoms with E-state index in [9.17, 15) is 13.2 Å². The van der Waals surface area contributed by atoms with Crippen LogP contribution < -0.4 is 23.8 Å². The van der Waals surface area contributed by atoms with E-state index < -0.39 is 15.9 Å². The molecule has 1 N–H and O–H groups in total. The van der Waals surface area contributed by atoms with E-state index in [0.717, 1.165) is 17.1 Å². The summed E-state index contributed by atoms with van der Waals surface area (Å²) in [6.45, 7) is 4.44. The Kier molecular flexibility index (Phi) is 9.79. The molecule has 0 fully saturated rings. The smallest absolute Gasteiger partial charge is 0.264 e. The van der Waals surface area contributed by atoms with E-state index in [2.05, 4.69) is 29.6 Å². The molecule has 3 aromatic carbocycles. The van der Waals surface area contributed by atoms with E-state index in [4.69, 9.17) is 14.2 Å². The number of rotatable bonds is 13. The maximum absolute atomic E-state index is 13.7. The van der Waals surface area contributed by atoms with Crippen molar-refractivity contribution in [3.63, 3.8) is 0 Å². The number of nitrogens with one attached hydrogen (secondary N) is 1. The zero-order chi connectivity index (χ0) is 26.8. The molecule has 0 spiro atoms. The van der Waals surface area contributed by atoms with Crippen molar-refractivity contribution >= 4 is 21.6 Å². The lowest BCUT2D eigenvalue weighted by molar-refractivity contribution is -0.119. The van der Waals surface area contributed by atoms with Crippen LogP contribution in [0.4, 0.5) is 5.69 Å². The molecule has 0 radical (unpaired) electrons. The van der Waals surface area contributed by atoms with Crippen molar-refractivity contribution in [1.82, 2.24) is 5.32 Å². The van der Waals surface area contributed by atoms with Crippen molar-refractivity contribution in [3.8, 4) is 17.2 Å². The third kappa shape index (κ3) is 7.39. The van der Waals surface area contributed by atoms with Gasteiger partial charge in [-0.15, -0.1) is 0 Å². The molecule has 0 atom stereocenters. The predicted molar refractivity (Wildman–Crippen MR) is 144 cm³/mol. The molecular formula is C28H34N2O6S. The first-order valence-electron chi connectivity index (χ1n) is 12.1. The van der Waals surface area contributed by atoms with Gasteiger partial charge in [-0.25, -0.2) is 8.42 Å². The van der Waals surface area contributed by atoms with Gasteiger partial charge < -0.3 is 19.5 Å². The fourth-order valence-electron chi connectivity index (χ4n) is 3.76. The van der Waals surface area contributed by atoms with Gasteiger partial charge in [0.1, 0.15) is 12.3 Å². The quantitative estimate of drug-likeness (QED) is 0.333. The van der Waals surface area contributed by atoms with Crippen LogP contribution in [0, 0.1) is 6.92 Å². The number of anilines is 1. The van der Waals surface area contributed by atoms with Crippen molar-refractivity contribution in [3.05, 3.63) is 77.9 Å². The van der Waals surface area contributed by atoms with Crippen LogP contribution in [0.2, 0.25) is 0 Å². The molecule has 0 aromatic heterocycles. The van der Waals surface area contributed by atoms with Gasteiger partial charge in [-0.2, -0.15) is 0 Å². The number of ether oxygens (including phenoxy) is 3. The van der Waals surface area contributed by atoms with E-state index >= 15 is 0 Å². The Balaban J connectivity index is 1.79. The summed E-state index contributed by atoms with van der Waals surface area (Å²) in [5, 5.41) is 2.85. The maximum atomic E-state index is 13.7. The van der Waals surface area contributed by atoms with Crippen LogP contribution >= 0.6 is 0 Å². The number of hydrogen-bond acceptors (Lipinski definition) is 6. The predicted octanol–water partition coefficient (Wildman–Crippen LogP) is 4.36. The normalized spacial score (nSPS) is 11.0. The Hall–Kier alpha value is -3.72. The lowest BCUT2D eigenvalue weighted by atomic mass is 10.1. The van der Waals surface area contributed by atoms with Gasteiger partial charge in [0.25, 0.3) is 10.0 Å². The van der Waals surface area contributed by atoms with Crippen LogP contribution in [-0.2, 0) is 21.2 Å². The molecule has 0 bridgehead atoms. The zero-order valence-electron chi connectivity index (χ0n) is 21.7. The van der Waals surface area contributed by atoms with Gasteiger partial charge in [0, 0.05) is 12.6 Å². The molecule has 0 unspecified atom stereocenters. The monoisotopic (exact) mass is 526 g/mol. The van der Waals surface area contributed by atoms with Gasteiger partial charge in [0.05, 0.1) is 31.4 Å². The molecule has 3 aromatic rings. The van der Waals surface area contributed by atoms with Crippen LogP contribution in [0.25, 0.3) is 0 Å². The molecule has 0 aliphatic carbocycles. The number of hydrogen-bond donors (Lipinski definition) is 1. The fourth-order valence-corrected chi connectivity index (χ4v) is 5.19. The third-order valence-electron chi connectivity index (χ3n) is 5.75. The largest absolute Gasteiger partial charge is 0.494 e. The molecule has 8 nitrogen and oxygen atoms in total. The second kappa shape index (κ2) is 13.0. The second-order valence-electron chi connectivity index (χ2n) is 8.39. The highest BCUT2D eigenvalue weighted by molar-refractivity contribution is 7.92. The molecule has 37 heavy (non-hydrogen) atoms. The minimum atomic E-state index is -4.11. The summed E-state index contributed by atoms with van der Waals surface area (Å²) in [7, 11) is -1.21. The van der Waals surface area contributed by atoms with Crippen molar-refractivity contribution < 1.29 is 27.4 Å². The standard InChI is InChI=1S/C28H34N2O6S/c1-5-36-24-14-12-23(13-15-24)30(37(32,33)25-16-17-26(34-3)27(19-25)35-4)20-28(31)29-18-6-7-22-10-8-21(2)9-11-22/h8-17,19H,5-7,18,20H2,1-4H3,(H,29,31). The van der Waals surface area contributed by atoms with E-state index in [0.29, 0.717) is 30.3 Å². The van der Waals surface area contributed by atoms with E-state index in [-0.39, 0.29) is 17.2 Å². The summed E-state index contributed by atoms with van der Waals surface area (Å²) in [6.07, 6.45) is 1.55. The average molecular weight is 527 g/mol. The summed E-state index contributed by atoms with van der Waals surface area (Å²) >= 11 is 0. The van der Waals surface area contributed by atoms with Crippen LogP contribution in [0.3, 0.4) is 0 Å². The number of aryl methyl sites for hydroxylation is 2. The third-order valence-corrected chi connectivity index (χ3v) is 7.52. The minimum absolute atomic E-state index is 0.0220. The van der Waals surface area contributed by atoms with Crippen molar-refractivity contribution in [2.45, 2.75) is 31.6 Å². The van der Waals surface area contributed by atoms with Gasteiger partial charge in [-0.05, 0) is 68.7 Å². The van der Waals surface area contributed by atoms with Gasteiger partial charge in [-0.3, -0.25) is 9.10 Å². The Morgan fingerprint density at radius 2 is 1.59 bits per heavy atom. The van der Waals surface area contributed by atoms with Crippen LogP contribution in [0.5, 0.6) is 17.2 Å². The Bertz CT molecular complexity index is 1280. The molecule has 0 heterocycles. The highest BCUT2D eigenvalue weighted by Crippen LogP contribution is 2.32. The highest BCUT2D eigenvalue weighted by atomic mass is 32.2. The molecular weight excluding hydrogens is 492 g/mol. The average Bonchev–Trinajstić information content (AvgIpc) is 2.91. The van der Waals surface area contributed by atoms with E-state index in [1.165, 1.54) is 43.5 Å². The summed E-state index contributed by atoms with van der Waals surface area (Å²) < 4.78 is 44.5. The fraction of sp³-hybridized carbons (Fsp3) is 0.321. The second-order valence-corrected chi connectivity index (χ2v) is 10.3. The number of methoxy groups -OCH3 is 2. The van der Waals surface area contributed by atoms with Gasteiger partial charge >= 0.3 is 0 Å². The SMILES string of the molecule is CCOc1ccc(N(CC(=O)NCCCc2ccc(C)cc2)S(=O)(=O)c2ccc(OC)c(OC)c2)cc1. The molecule has 0 saturated heterocycles. The Morgan fingerprint density at radius 1 is 0.919 bits per heavy atom. The first-order valence-corrected chi connectivity index (χ1v) is 13.5. The zero-order valence-corrected chi connectivity index (χ0v) is 22.5. The number of amides is 1. The van der Waals surface area contributed by atoms with E-state index in [1.54, 1.807) is 24.3 Å². The van der Waals surface area contributed by atoms with Crippen molar-refractivity contribution in [1.29, 1.82) is 0 Å². The number of benzene rings is 3. The molecule has 0 aliphatic rings. The number of carbonyl (C=O) groups excluding carboxylic acids is 1. The van der Waals surface area contributed by atoms with Crippen LogP contribution in [0.15, 0.2) is 71.6 Å². The van der Waals surface area contributed by atoms with Gasteiger partial charge in [0.15, 0.2) is 11.5 Å². The summed E-state index contributed by atoms with van der Waals surface area (Å²) in [6, 6.07) is 19.2. The Morgan fingerprint density at radius 3 is 2.22 bits per heavy atom. The highest BCUT2D eigenvalue weighted by Gasteiger charge is 2.28. The lowest BCUT2D eigenvalue weighted by Crippen LogP contribution is -2.41. The molecule has 9 heteroatoms. The first kappa shape index (κ1) is 27.9. The minimum Gasteiger partial charge on any atom is -0.494 e. The lowest BCUT2D eigenvalue weighted by Gasteiger charge is -2.24. The molecule has 0 saturated carbocycles. The molecule has 0 aliphatic heterocycles. The van der Waals surface area contributed by atoms with Gasteiger partial charge in [-0.1, -0.05) is 29.8 Å². The number of nitrogens with zero attached hydrogens (tertiary/aromatic N) is 1. The maximum Gasteiger partial charge on any atom is 0.264 e. The van der Waals surface area contributed by atoms with Crippen LogP contribution in [0.1, 0.15) is 24.5 Å². The number of sulfonamides is 1. The summed E-state index contributed by atoms with van der Waals surface area (Å²) in [4.78, 5) is 12.8. The summed E-state index contributed by atoms with van der Waals surface area (Å²) in [5.74, 6) is 0.883. The summed E-state index contributed by atoms with van der Waals surface area (Å²) in [5.41, 5.74) is 2.72. The Labute approximate surface area is 219 Å². The molecule has 1 amide bonds. The van der Waals surface area contributed by atoms with Gasteiger partial charge in [0.2, 0.25) is 5.91 Å². The van der Waals surface area contributed by atoms with Crippen LogP contribution in [-0.4, -0.2) is 48.2 Å². The molecule has 3 rings (SSSR count).